The summed E-state index contributed by atoms with van der Waals surface area (Å²) in [5, 5.41) is 0. The Morgan fingerprint density at radius 3 is 2.52 bits per heavy atom. The van der Waals surface area contributed by atoms with Crippen molar-refractivity contribution in [1.29, 1.82) is 0 Å². The van der Waals surface area contributed by atoms with Crippen LogP contribution in [0.5, 0.6) is 11.5 Å². The first-order chi connectivity index (χ1) is 10.1. The quantitative estimate of drug-likeness (QED) is 0.829. The van der Waals surface area contributed by atoms with Gasteiger partial charge in [0.25, 0.3) is 0 Å². The number of aryl methyl sites for hydroxylation is 1. The second-order valence-corrected chi connectivity index (χ2v) is 6.29. The molecule has 2 unspecified atom stereocenters. The normalized spacial score (nSPS) is 13.7. The van der Waals surface area contributed by atoms with E-state index < -0.39 is 0 Å². The van der Waals surface area contributed by atoms with Crippen LogP contribution in [-0.2, 0) is 0 Å². The van der Waals surface area contributed by atoms with Crippen molar-refractivity contribution in [3.05, 3.63) is 46.2 Å². The molecule has 4 heteroatoms. The molecule has 0 spiro atoms. The molecule has 1 aromatic heterocycles. The monoisotopic (exact) mass is 305 g/mol. The lowest BCUT2D eigenvalue weighted by Gasteiger charge is -2.23. The van der Waals surface area contributed by atoms with Crippen molar-refractivity contribution in [2.24, 2.45) is 5.73 Å². The highest BCUT2D eigenvalue weighted by Crippen LogP contribution is 2.31. The van der Waals surface area contributed by atoms with Crippen molar-refractivity contribution in [2.45, 2.75) is 39.3 Å². The van der Waals surface area contributed by atoms with E-state index in [0.29, 0.717) is 6.61 Å². The molecular weight excluding hydrogens is 282 g/mol. The Bertz CT molecular complexity index is 567. The molecule has 0 bridgehead atoms. The van der Waals surface area contributed by atoms with Gasteiger partial charge >= 0.3 is 0 Å². The molecule has 0 radical (unpaired) electrons. The number of thiophene rings is 1. The van der Waals surface area contributed by atoms with Crippen LogP contribution in [0.3, 0.4) is 0 Å². The minimum absolute atomic E-state index is 0.0289. The molecule has 0 aliphatic rings. The minimum atomic E-state index is -0.120. The maximum atomic E-state index is 6.25. The van der Waals surface area contributed by atoms with Gasteiger partial charge in [-0.05, 0) is 44.5 Å². The SMILES string of the molecule is CCOc1cccc(OC(c2ccc(C)s2)C(N)CC)c1. The Morgan fingerprint density at radius 2 is 1.90 bits per heavy atom. The van der Waals surface area contributed by atoms with Crippen LogP contribution in [0, 0.1) is 6.92 Å². The fourth-order valence-electron chi connectivity index (χ4n) is 2.13. The predicted molar refractivity (Wildman–Crippen MR) is 88.3 cm³/mol. The van der Waals surface area contributed by atoms with Crippen LogP contribution in [0.15, 0.2) is 36.4 Å². The summed E-state index contributed by atoms with van der Waals surface area (Å²) in [6, 6.07) is 11.9. The van der Waals surface area contributed by atoms with E-state index in [1.807, 2.05) is 31.2 Å². The molecule has 3 nitrogen and oxygen atoms in total. The summed E-state index contributed by atoms with van der Waals surface area (Å²) in [4.78, 5) is 2.44. The smallest absolute Gasteiger partial charge is 0.148 e. The van der Waals surface area contributed by atoms with Crippen molar-refractivity contribution in [2.75, 3.05) is 6.61 Å². The zero-order chi connectivity index (χ0) is 15.2. The van der Waals surface area contributed by atoms with E-state index in [0.717, 1.165) is 17.9 Å². The van der Waals surface area contributed by atoms with E-state index in [-0.39, 0.29) is 12.1 Å². The third-order valence-electron chi connectivity index (χ3n) is 3.28. The van der Waals surface area contributed by atoms with E-state index in [9.17, 15) is 0 Å². The van der Waals surface area contributed by atoms with Crippen molar-refractivity contribution < 1.29 is 9.47 Å². The highest BCUT2D eigenvalue weighted by Gasteiger charge is 2.22. The Balaban J connectivity index is 2.20. The molecule has 0 saturated carbocycles. The molecule has 0 amide bonds. The lowest BCUT2D eigenvalue weighted by molar-refractivity contribution is 0.174. The van der Waals surface area contributed by atoms with Crippen molar-refractivity contribution in [3.8, 4) is 11.5 Å². The van der Waals surface area contributed by atoms with Gasteiger partial charge in [0.2, 0.25) is 0 Å². The zero-order valence-electron chi connectivity index (χ0n) is 12.8. The minimum Gasteiger partial charge on any atom is -0.494 e. The Morgan fingerprint density at radius 1 is 1.14 bits per heavy atom. The first kappa shape index (κ1) is 15.9. The standard InChI is InChI=1S/C17H23NO2S/c1-4-15(18)17(16-10-9-12(3)21-16)20-14-8-6-7-13(11-14)19-5-2/h6-11,15,17H,4-5,18H2,1-3H3. The topological polar surface area (TPSA) is 44.5 Å². The Hall–Kier alpha value is -1.52. The second kappa shape index (κ2) is 7.48. The van der Waals surface area contributed by atoms with Gasteiger partial charge in [-0.15, -0.1) is 11.3 Å². The van der Waals surface area contributed by atoms with E-state index in [4.69, 9.17) is 15.2 Å². The number of nitrogens with two attached hydrogens (primary N) is 1. The van der Waals surface area contributed by atoms with E-state index in [1.165, 1.54) is 9.75 Å². The summed E-state index contributed by atoms with van der Waals surface area (Å²) in [5.74, 6) is 1.61. The number of rotatable bonds is 7. The van der Waals surface area contributed by atoms with Crippen molar-refractivity contribution in [1.82, 2.24) is 0 Å². The van der Waals surface area contributed by atoms with Gasteiger partial charge in [-0.3, -0.25) is 0 Å². The number of hydrogen-bond donors (Lipinski definition) is 1. The molecule has 2 aromatic rings. The summed E-state index contributed by atoms with van der Waals surface area (Å²) < 4.78 is 11.7. The van der Waals surface area contributed by atoms with Gasteiger partial charge in [-0.1, -0.05) is 13.0 Å². The average molecular weight is 305 g/mol. The molecular formula is C17H23NO2S. The van der Waals surface area contributed by atoms with E-state index >= 15 is 0 Å². The summed E-state index contributed by atoms with van der Waals surface area (Å²) in [6.07, 6.45) is 0.748. The van der Waals surface area contributed by atoms with Crippen LogP contribution >= 0.6 is 11.3 Å². The maximum Gasteiger partial charge on any atom is 0.148 e. The average Bonchev–Trinajstić information content (AvgIpc) is 2.91. The molecule has 2 rings (SSSR count). The molecule has 1 aromatic carbocycles. The van der Waals surface area contributed by atoms with Gasteiger partial charge in [0.15, 0.2) is 0 Å². The van der Waals surface area contributed by atoms with Gasteiger partial charge in [0, 0.05) is 21.9 Å². The molecule has 2 N–H and O–H groups in total. The van der Waals surface area contributed by atoms with Gasteiger partial charge < -0.3 is 15.2 Å². The lowest BCUT2D eigenvalue weighted by atomic mass is 10.1. The van der Waals surface area contributed by atoms with Gasteiger partial charge in [-0.2, -0.15) is 0 Å². The largest absolute Gasteiger partial charge is 0.494 e. The van der Waals surface area contributed by atoms with Crippen LogP contribution in [0.25, 0.3) is 0 Å². The molecule has 0 aliphatic carbocycles. The number of ether oxygens (including phenoxy) is 2. The van der Waals surface area contributed by atoms with Crippen LogP contribution < -0.4 is 15.2 Å². The van der Waals surface area contributed by atoms with Crippen molar-refractivity contribution in [3.63, 3.8) is 0 Å². The second-order valence-electron chi connectivity index (χ2n) is 4.97. The van der Waals surface area contributed by atoms with Crippen LogP contribution in [0.2, 0.25) is 0 Å². The summed E-state index contributed by atoms with van der Waals surface area (Å²) in [5.41, 5.74) is 6.25. The van der Waals surface area contributed by atoms with Gasteiger partial charge in [0.1, 0.15) is 17.6 Å². The molecule has 0 aliphatic heterocycles. The summed E-state index contributed by atoms with van der Waals surface area (Å²) in [6.45, 7) is 6.79. The number of benzene rings is 1. The lowest BCUT2D eigenvalue weighted by Crippen LogP contribution is -2.30. The first-order valence-electron chi connectivity index (χ1n) is 7.35. The fourth-order valence-corrected chi connectivity index (χ4v) is 3.11. The Labute approximate surface area is 130 Å². The molecule has 2 atom stereocenters. The molecule has 114 valence electrons. The van der Waals surface area contributed by atoms with E-state index in [2.05, 4.69) is 26.0 Å². The zero-order valence-corrected chi connectivity index (χ0v) is 13.7. The summed E-state index contributed by atoms with van der Waals surface area (Å²) >= 11 is 1.74. The highest BCUT2D eigenvalue weighted by atomic mass is 32.1. The first-order valence-corrected chi connectivity index (χ1v) is 8.17. The summed E-state index contributed by atoms with van der Waals surface area (Å²) in [7, 11) is 0. The fraction of sp³-hybridized carbons (Fsp3) is 0.412. The highest BCUT2D eigenvalue weighted by molar-refractivity contribution is 7.12. The maximum absolute atomic E-state index is 6.25. The predicted octanol–water partition coefficient (Wildman–Crippen LogP) is 4.31. The molecule has 0 saturated heterocycles. The third kappa shape index (κ3) is 4.22. The van der Waals surface area contributed by atoms with Gasteiger partial charge in [-0.25, -0.2) is 0 Å². The van der Waals surface area contributed by atoms with Crippen LogP contribution in [0.4, 0.5) is 0 Å². The van der Waals surface area contributed by atoms with Gasteiger partial charge in [0.05, 0.1) is 6.61 Å². The Kier molecular flexibility index (Phi) is 5.65. The van der Waals surface area contributed by atoms with E-state index in [1.54, 1.807) is 11.3 Å². The third-order valence-corrected chi connectivity index (χ3v) is 4.34. The van der Waals surface area contributed by atoms with Crippen LogP contribution in [0.1, 0.15) is 36.1 Å². The number of hydrogen-bond acceptors (Lipinski definition) is 4. The van der Waals surface area contributed by atoms with Crippen molar-refractivity contribution >= 4 is 11.3 Å². The molecule has 1 heterocycles. The molecule has 21 heavy (non-hydrogen) atoms. The molecule has 0 fully saturated rings. The van der Waals surface area contributed by atoms with Crippen LogP contribution in [-0.4, -0.2) is 12.6 Å².